The third-order valence-corrected chi connectivity index (χ3v) is 8.75. The third-order valence-electron chi connectivity index (χ3n) is 8.75. The Morgan fingerprint density at radius 1 is 1.12 bits per heavy atom. The lowest BCUT2D eigenvalue weighted by Gasteiger charge is -2.40. The number of hydrogen-bond donors (Lipinski definition) is 1. The van der Waals surface area contributed by atoms with E-state index in [0.29, 0.717) is 45.3 Å². The van der Waals surface area contributed by atoms with Crippen molar-refractivity contribution in [3.8, 4) is 11.8 Å². The number of ether oxygens (including phenoxy) is 1. The van der Waals surface area contributed by atoms with Crippen molar-refractivity contribution in [1.82, 2.24) is 19.8 Å². The van der Waals surface area contributed by atoms with Gasteiger partial charge in [-0.1, -0.05) is 37.8 Å². The van der Waals surface area contributed by atoms with Gasteiger partial charge in [-0.15, -0.1) is 0 Å². The summed E-state index contributed by atoms with van der Waals surface area (Å²) in [7, 11) is 0. The van der Waals surface area contributed by atoms with Crippen molar-refractivity contribution in [2.75, 3.05) is 62.2 Å². The first-order chi connectivity index (χ1) is 19.9. The first-order valence-electron chi connectivity index (χ1n) is 14.8. The number of aromatic nitrogens is 2. The second-order valence-electron chi connectivity index (χ2n) is 11.7. The topological polar surface area (TPSA) is 85.3 Å². The summed E-state index contributed by atoms with van der Waals surface area (Å²) in [6, 6.07) is 12.4. The van der Waals surface area contributed by atoms with Crippen molar-refractivity contribution < 1.29 is 14.6 Å². The van der Waals surface area contributed by atoms with Crippen LogP contribution in [-0.2, 0) is 17.8 Å². The maximum absolute atomic E-state index is 12.2. The van der Waals surface area contributed by atoms with Crippen LogP contribution >= 0.6 is 0 Å². The maximum atomic E-state index is 12.2. The molecule has 216 valence electrons. The van der Waals surface area contributed by atoms with Crippen LogP contribution < -0.4 is 14.5 Å². The predicted octanol–water partition coefficient (Wildman–Crippen LogP) is 3.84. The highest BCUT2D eigenvalue weighted by molar-refractivity contribution is 5.96. The zero-order valence-corrected chi connectivity index (χ0v) is 24.1. The smallest absolute Gasteiger partial charge is 0.318 e. The van der Waals surface area contributed by atoms with E-state index in [1.807, 2.05) is 35.2 Å². The molecule has 1 aromatic heterocycles. The number of amides is 1. The van der Waals surface area contributed by atoms with E-state index in [1.165, 1.54) is 12.5 Å². The van der Waals surface area contributed by atoms with E-state index < -0.39 is 0 Å². The highest BCUT2D eigenvalue weighted by atomic mass is 16.5. The molecule has 2 unspecified atom stereocenters. The van der Waals surface area contributed by atoms with Crippen molar-refractivity contribution >= 4 is 28.2 Å². The fourth-order valence-electron chi connectivity index (χ4n) is 6.48. The zero-order valence-electron chi connectivity index (χ0n) is 24.1. The Bertz CT molecular complexity index is 1440. The van der Waals surface area contributed by atoms with Crippen molar-refractivity contribution in [2.24, 2.45) is 5.92 Å². The minimum absolute atomic E-state index is 0.0303. The lowest BCUT2D eigenvalue weighted by Crippen LogP contribution is -2.49. The number of phenols is 1. The van der Waals surface area contributed by atoms with Crippen molar-refractivity contribution in [2.45, 2.75) is 39.3 Å². The van der Waals surface area contributed by atoms with Gasteiger partial charge in [0.1, 0.15) is 18.2 Å². The predicted molar refractivity (Wildman–Crippen MR) is 162 cm³/mol. The van der Waals surface area contributed by atoms with Crippen LogP contribution in [0, 0.1) is 5.92 Å². The van der Waals surface area contributed by atoms with E-state index in [9.17, 15) is 9.90 Å². The Hall–Kier alpha value is -3.85. The summed E-state index contributed by atoms with van der Waals surface area (Å²) in [5, 5.41) is 12.7. The lowest BCUT2D eigenvalue weighted by molar-refractivity contribution is -0.126. The summed E-state index contributed by atoms with van der Waals surface area (Å²) >= 11 is 0. The second-order valence-corrected chi connectivity index (χ2v) is 11.7. The van der Waals surface area contributed by atoms with Gasteiger partial charge in [0.05, 0.1) is 12.2 Å². The molecule has 4 heterocycles. The molecular weight excluding hydrogens is 516 g/mol. The number of anilines is 2. The normalized spacial score (nSPS) is 21.3. The zero-order chi connectivity index (χ0) is 28.5. The third kappa shape index (κ3) is 5.68. The first-order valence-corrected chi connectivity index (χ1v) is 14.8. The van der Waals surface area contributed by atoms with Crippen LogP contribution in [0.1, 0.15) is 31.5 Å². The number of hydrogen-bond acceptors (Lipinski definition) is 8. The molecule has 2 atom stereocenters. The van der Waals surface area contributed by atoms with Gasteiger partial charge in [-0.05, 0) is 49.8 Å². The highest BCUT2D eigenvalue weighted by Gasteiger charge is 2.32. The van der Waals surface area contributed by atoms with Gasteiger partial charge in [-0.3, -0.25) is 9.69 Å². The minimum atomic E-state index is -0.0303. The summed E-state index contributed by atoms with van der Waals surface area (Å²) in [5.74, 6) is 1.87. The number of fused-ring (bicyclic) bond motifs is 2. The minimum Gasteiger partial charge on any atom is -0.508 e. The van der Waals surface area contributed by atoms with Crippen LogP contribution in [0.15, 0.2) is 49.1 Å². The molecule has 2 fully saturated rings. The number of nitrogens with zero attached hydrogens (tertiary/aromatic N) is 6. The first kappa shape index (κ1) is 27.3. The summed E-state index contributed by atoms with van der Waals surface area (Å²) in [6.45, 7) is 15.0. The monoisotopic (exact) mass is 556 g/mol. The van der Waals surface area contributed by atoms with Gasteiger partial charge in [-0.2, -0.15) is 9.97 Å². The molecule has 2 aromatic carbocycles. The van der Waals surface area contributed by atoms with Crippen LogP contribution in [0.3, 0.4) is 0 Å². The van der Waals surface area contributed by atoms with Gasteiger partial charge < -0.3 is 24.5 Å². The van der Waals surface area contributed by atoms with E-state index in [1.54, 1.807) is 0 Å². The number of likely N-dealkylation sites (tertiary alicyclic amines) is 1. The van der Waals surface area contributed by atoms with Crippen LogP contribution in [0.4, 0.5) is 11.5 Å². The molecule has 0 spiro atoms. The largest absolute Gasteiger partial charge is 0.508 e. The average Bonchev–Trinajstić information content (AvgIpc) is 3.40. The molecule has 0 bridgehead atoms. The summed E-state index contributed by atoms with van der Waals surface area (Å²) < 4.78 is 6.21. The molecule has 0 aliphatic carbocycles. The number of carbonyl (C=O) groups excluding carboxylic acids is 1. The molecule has 3 aliphatic rings. The number of benzene rings is 2. The standard InChI is InChI=1S/C32H40N6O3/c1-4-30(40)36-11-13-37(14-12-36)31-27-17-23(3)38(29-19-25(39)18-24-7-5-6-8-26(24)29)21-28(27)33-32(34-31)41-16-15-35-10-9-22(2)20-35/h4-8,18-19,22-23,39H,1,9-17,20-21H2,2-3H3. The fourth-order valence-corrected chi connectivity index (χ4v) is 6.48. The Balaban J connectivity index is 1.30. The van der Waals surface area contributed by atoms with Gasteiger partial charge >= 0.3 is 6.01 Å². The molecule has 9 heteroatoms. The molecule has 0 radical (unpaired) electrons. The van der Waals surface area contributed by atoms with Crippen molar-refractivity contribution in [1.29, 1.82) is 0 Å². The van der Waals surface area contributed by atoms with Crippen molar-refractivity contribution in [3.63, 3.8) is 0 Å². The lowest BCUT2D eigenvalue weighted by atomic mass is 9.96. The van der Waals surface area contributed by atoms with Gasteiger partial charge in [-0.25, -0.2) is 0 Å². The van der Waals surface area contributed by atoms with Crippen LogP contribution in [0.5, 0.6) is 11.8 Å². The number of phenolic OH excluding ortho intramolecular Hbond substituents is 1. The quantitative estimate of drug-likeness (QED) is 0.440. The Kier molecular flexibility index (Phi) is 7.71. The number of rotatable bonds is 7. The summed E-state index contributed by atoms with van der Waals surface area (Å²) in [5.41, 5.74) is 3.10. The van der Waals surface area contributed by atoms with Gasteiger partial charge in [0.15, 0.2) is 0 Å². The molecule has 3 aromatic rings. The molecule has 6 rings (SSSR count). The fraction of sp³-hybridized carbons (Fsp3) is 0.469. The molecule has 0 saturated carbocycles. The highest BCUT2D eigenvalue weighted by Crippen LogP contribution is 2.38. The molecule has 1 amide bonds. The van der Waals surface area contributed by atoms with E-state index in [0.717, 1.165) is 65.5 Å². The van der Waals surface area contributed by atoms with E-state index in [-0.39, 0.29) is 17.7 Å². The van der Waals surface area contributed by atoms with Gasteiger partial charge in [0.2, 0.25) is 5.91 Å². The Morgan fingerprint density at radius 2 is 1.93 bits per heavy atom. The SMILES string of the molecule is C=CC(=O)N1CCN(c2nc(OCCN3CCC(C)C3)nc3c2CC(C)N(c2cc(O)cc4ccccc24)C3)CC1. The Morgan fingerprint density at radius 3 is 2.68 bits per heavy atom. The number of aromatic hydroxyl groups is 1. The molecule has 2 saturated heterocycles. The molecular formula is C32H40N6O3. The molecule has 41 heavy (non-hydrogen) atoms. The van der Waals surface area contributed by atoms with Gasteiger partial charge in [0.25, 0.3) is 0 Å². The van der Waals surface area contributed by atoms with E-state index in [2.05, 4.69) is 41.2 Å². The van der Waals surface area contributed by atoms with E-state index in [4.69, 9.17) is 14.7 Å². The molecule has 3 aliphatic heterocycles. The van der Waals surface area contributed by atoms with Crippen LogP contribution in [0.25, 0.3) is 10.8 Å². The van der Waals surface area contributed by atoms with Crippen LogP contribution in [-0.4, -0.2) is 89.2 Å². The number of piperazine rings is 1. The number of carbonyl (C=O) groups is 1. The van der Waals surface area contributed by atoms with Gasteiger partial charge in [0, 0.05) is 68.0 Å². The maximum Gasteiger partial charge on any atom is 0.318 e. The summed E-state index contributed by atoms with van der Waals surface area (Å²) in [6.07, 6.45) is 3.39. The van der Waals surface area contributed by atoms with E-state index >= 15 is 0 Å². The Labute approximate surface area is 242 Å². The van der Waals surface area contributed by atoms with Crippen molar-refractivity contribution in [3.05, 3.63) is 60.3 Å². The van der Waals surface area contributed by atoms with Crippen LogP contribution in [0.2, 0.25) is 0 Å². The average molecular weight is 557 g/mol. The molecule has 1 N–H and O–H groups in total. The second kappa shape index (κ2) is 11.6. The summed E-state index contributed by atoms with van der Waals surface area (Å²) in [4.78, 5) is 31.0. The molecule has 9 nitrogen and oxygen atoms in total.